The van der Waals surface area contributed by atoms with E-state index in [9.17, 15) is 5.11 Å². The zero-order chi connectivity index (χ0) is 17.6. The number of hydrogen-bond acceptors (Lipinski definition) is 6. The summed E-state index contributed by atoms with van der Waals surface area (Å²) in [5.41, 5.74) is 2.06. The van der Waals surface area contributed by atoms with Gasteiger partial charge in [0.1, 0.15) is 11.5 Å². The molecule has 3 rings (SSSR count). The molecule has 1 fully saturated rings. The lowest BCUT2D eigenvalue weighted by molar-refractivity contribution is 0.0310. The van der Waals surface area contributed by atoms with Gasteiger partial charge in [-0.25, -0.2) is 0 Å². The van der Waals surface area contributed by atoms with E-state index < -0.39 is 6.10 Å². The second-order valence-electron chi connectivity index (χ2n) is 6.75. The summed E-state index contributed by atoms with van der Waals surface area (Å²) < 4.78 is 10.7. The van der Waals surface area contributed by atoms with Crippen molar-refractivity contribution < 1.29 is 14.3 Å². The number of aromatic nitrogens is 2. The first-order chi connectivity index (χ1) is 12.2. The first kappa shape index (κ1) is 18.1. The fraction of sp³-hybridized carbons (Fsp3) is 0.611. The van der Waals surface area contributed by atoms with Crippen molar-refractivity contribution in [2.24, 2.45) is 0 Å². The van der Waals surface area contributed by atoms with Gasteiger partial charge >= 0.3 is 0 Å². The minimum Gasteiger partial charge on any atom is -0.460 e. The summed E-state index contributed by atoms with van der Waals surface area (Å²) in [7, 11) is 1.62. The Morgan fingerprint density at radius 3 is 2.92 bits per heavy atom. The molecule has 2 aromatic heterocycles. The van der Waals surface area contributed by atoms with Crippen molar-refractivity contribution in [3.8, 4) is 11.5 Å². The Balaban J connectivity index is 1.46. The maximum atomic E-state index is 9.83. The van der Waals surface area contributed by atoms with E-state index in [2.05, 4.69) is 20.4 Å². The van der Waals surface area contributed by atoms with Crippen LogP contribution < -0.4 is 5.32 Å². The topological polar surface area (TPSA) is 86.5 Å². The molecular weight excluding hydrogens is 320 g/mol. The van der Waals surface area contributed by atoms with Crippen LogP contribution in [0.5, 0.6) is 0 Å². The number of methoxy groups -OCH3 is 1. The van der Waals surface area contributed by atoms with Crippen molar-refractivity contribution in [2.45, 2.75) is 38.5 Å². The number of nitrogens with zero attached hydrogens (tertiary/aromatic N) is 2. The van der Waals surface area contributed by atoms with Gasteiger partial charge in [0, 0.05) is 31.8 Å². The summed E-state index contributed by atoms with van der Waals surface area (Å²) in [6, 6.07) is 4.41. The molecule has 138 valence electrons. The number of aliphatic hydroxyl groups excluding tert-OH is 1. The first-order valence-corrected chi connectivity index (χ1v) is 8.87. The summed E-state index contributed by atoms with van der Waals surface area (Å²) in [6.07, 6.45) is 3.61. The average molecular weight is 348 g/mol. The maximum Gasteiger partial charge on any atom is 0.152 e. The van der Waals surface area contributed by atoms with Gasteiger partial charge in [0.15, 0.2) is 5.76 Å². The molecule has 2 aromatic rings. The molecule has 0 aliphatic carbocycles. The molecule has 7 nitrogen and oxygen atoms in total. The number of nitrogens with one attached hydrogen (secondary N) is 2. The predicted molar refractivity (Wildman–Crippen MR) is 95.2 cm³/mol. The molecule has 25 heavy (non-hydrogen) atoms. The maximum absolute atomic E-state index is 9.83. The second-order valence-corrected chi connectivity index (χ2v) is 6.75. The first-order valence-electron chi connectivity index (χ1n) is 8.87. The summed E-state index contributed by atoms with van der Waals surface area (Å²) >= 11 is 0. The number of piperidine rings is 1. The molecule has 3 heterocycles. The second kappa shape index (κ2) is 8.62. The minimum atomic E-state index is -0.403. The van der Waals surface area contributed by atoms with Crippen molar-refractivity contribution >= 4 is 0 Å². The predicted octanol–water partition coefficient (Wildman–Crippen LogP) is 1.54. The van der Waals surface area contributed by atoms with Gasteiger partial charge in [0.25, 0.3) is 0 Å². The van der Waals surface area contributed by atoms with Gasteiger partial charge in [0.2, 0.25) is 0 Å². The van der Waals surface area contributed by atoms with Gasteiger partial charge in [0.05, 0.1) is 18.9 Å². The molecule has 0 aromatic carbocycles. The average Bonchev–Trinajstić information content (AvgIpc) is 3.23. The van der Waals surface area contributed by atoms with Gasteiger partial charge in [-0.3, -0.25) is 5.10 Å². The Morgan fingerprint density at radius 2 is 2.24 bits per heavy atom. The highest BCUT2D eigenvalue weighted by atomic mass is 16.5. The van der Waals surface area contributed by atoms with Gasteiger partial charge in [-0.15, -0.1) is 0 Å². The number of hydrogen-bond donors (Lipinski definition) is 3. The Bertz CT molecular complexity index is 646. The fourth-order valence-corrected chi connectivity index (χ4v) is 3.34. The van der Waals surface area contributed by atoms with E-state index in [0.29, 0.717) is 19.2 Å². The van der Waals surface area contributed by atoms with E-state index in [0.717, 1.165) is 55.3 Å². The van der Waals surface area contributed by atoms with Crippen molar-refractivity contribution in [2.75, 3.05) is 33.4 Å². The van der Waals surface area contributed by atoms with Crippen LogP contribution in [0.1, 0.15) is 24.2 Å². The third-order valence-electron chi connectivity index (χ3n) is 4.70. The van der Waals surface area contributed by atoms with Crippen LogP contribution in [0.3, 0.4) is 0 Å². The molecular formula is C18H28N4O3. The van der Waals surface area contributed by atoms with Crippen LogP contribution in [0, 0.1) is 6.92 Å². The van der Waals surface area contributed by atoms with Crippen molar-refractivity contribution in [3.63, 3.8) is 0 Å². The molecule has 7 heteroatoms. The number of furan rings is 1. The highest BCUT2D eigenvalue weighted by Crippen LogP contribution is 2.23. The third kappa shape index (κ3) is 4.92. The highest BCUT2D eigenvalue weighted by molar-refractivity contribution is 5.56. The SMILES string of the molecule is COCC(O)CN1CCC(NCc2cn[nH]c2-c2ccc(C)o2)CC1. The Hall–Kier alpha value is -1.67. The largest absolute Gasteiger partial charge is 0.460 e. The van der Waals surface area contributed by atoms with Gasteiger partial charge in [-0.05, 0) is 45.0 Å². The molecule has 0 amide bonds. The summed E-state index contributed by atoms with van der Waals surface area (Å²) in [5.74, 6) is 1.72. The Labute approximate surface area is 148 Å². The van der Waals surface area contributed by atoms with Crippen LogP contribution in [0.25, 0.3) is 11.5 Å². The number of aryl methyl sites for hydroxylation is 1. The van der Waals surface area contributed by atoms with E-state index >= 15 is 0 Å². The lowest BCUT2D eigenvalue weighted by atomic mass is 10.0. The summed E-state index contributed by atoms with van der Waals surface area (Å²) in [6.45, 7) is 5.78. The molecule has 3 N–H and O–H groups in total. The zero-order valence-corrected chi connectivity index (χ0v) is 15.0. The Morgan fingerprint density at radius 1 is 1.44 bits per heavy atom. The molecule has 1 saturated heterocycles. The van der Waals surface area contributed by atoms with E-state index in [1.165, 1.54) is 0 Å². The normalized spacial score (nSPS) is 17.9. The fourth-order valence-electron chi connectivity index (χ4n) is 3.34. The van der Waals surface area contributed by atoms with Crippen LogP contribution >= 0.6 is 0 Å². The molecule has 0 bridgehead atoms. The van der Waals surface area contributed by atoms with Crippen LogP contribution in [0.4, 0.5) is 0 Å². The van der Waals surface area contributed by atoms with Crippen LogP contribution in [-0.4, -0.2) is 65.7 Å². The lowest BCUT2D eigenvalue weighted by Gasteiger charge is -2.33. The van der Waals surface area contributed by atoms with Crippen molar-refractivity contribution in [1.29, 1.82) is 0 Å². The van der Waals surface area contributed by atoms with E-state index in [1.54, 1.807) is 7.11 Å². The molecule has 0 radical (unpaired) electrons. The monoisotopic (exact) mass is 348 g/mol. The molecule has 0 spiro atoms. The van der Waals surface area contributed by atoms with E-state index in [4.69, 9.17) is 9.15 Å². The summed E-state index contributed by atoms with van der Waals surface area (Å²) in [5, 5.41) is 20.7. The Kier molecular flexibility index (Phi) is 6.25. The van der Waals surface area contributed by atoms with E-state index in [-0.39, 0.29) is 0 Å². The molecule has 1 aliphatic rings. The number of rotatable bonds is 8. The quantitative estimate of drug-likeness (QED) is 0.671. The van der Waals surface area contributed by atoms with Crippen LogP contribution in [-0.2, 0) is 11.3 Å². The number of β-amino-alcohol motifs (C(OH)–C–C–N with tert-alkyl or cyclic N) is 1. The molecule has 0 saturated carbocycles. The number of aromatic amines is 1. The molecule has 1 unspecified atom stereocenters. The smallest absolute Gasteiger partial charge is 0.152 e. The third-order valence-corrected chi connectivity index (χ3v) is 4.70. The standard InChI is InChI=1S/C18H28N4O3/c1-13-3-4-17(25-13)18-14(10-20-21-18)9-19-15-5-7-22(8-6-15)11-16(23)12-24-2/h3-4,10,15-16,19,23H,5-9,11-12H2,1-2H3,(H,20,21). The highest BCUT2D eigenvalue weighted by Gasteiger charge is 2.21. The van der Waals surface area contributed by atoms with Gasteiger partial charge in [-0.2, -0.15) is 5.10 Å². The lowest BCUT2D eigenvalue weighted by Crippen LogP contribution is -2.45. The summed E-state index contributed by atoms with van der Waals surface area (Å²) in [4.78, 5) is 2.30. The number of H-pyrrole nitrogens is 1. The number of ether oxygens (including phenoxy) is 1. The van der Waals surface area contributed by atoms with Crippen molar-refractivity contribution in [3.05, 3.63) is 29.7 Å². The zero-order valence-electron chi connectivity index (χ0n) is 15.0. The van der Waals surface area contributed by atoms with Gasteiger partial charge in [-0.1, -0.05) is 0 Å². The van der Waals surface area contributed by atoms with Crippen LogP contribution in [0.2, 0.25) is 0 Å². The number of likely N-dealkylation sites (tertiary alicyclic amines) is 1. The molecule has 1 atom stereocenters. The van der Waals surface area contributed by atoms with Gasteiger partial charge < -0.3 is 24.5 Å². The minimum absolute atomic E-state index is 0.397. The molecule has 1 aliphatic heterocycles. The number of aliphatic hydroxyl groups is 1. The van der Waals surface area contributed by atoms with Crippen LogP contribution in [0.15, 0.2) is 22.7 Å². The van der Waals surface area contributed by atoms with E-state index in [1.807, 2.05) is 25.3 Å². The van der Waals surface area contributed by atoms with Crippen molar-refractivity contribution in [1.82, 2.24) is 20.4 Å².